The molecule has 0 amide bonds. The molecule has 3 rings (SSSR count). The SMILES string of the molecule is Fc1ccc(C=NNc2nc(-c3cc(C(F)(F)F)cc(C(F)(F)F)c3)cs2)cc1F. The normalized spacial score (nSPS) is 12.5. The smallest absolute Gasteiger partial charge is 0.253 e. The first-order valence-corrected chi connectivity index (χ1v) is 8.81. The van der Waals surface area contributed by atoms with Crippen LogP contribution < -0.4 is 5.43 Å². The third-order valence-electron chi connectivity index (χ3n) is 3.71. The van der Waals surface area contributed by atoms with E-state index in [1.54, 1.807) is 0 Å². The minimum Gasteiger partial charge on any atom is -0.253 e. The van der Waals surface area contributed by atoms with Crippen LogP contribution in [0.25, 0.3) is 11.3 Å². The highest BCUT2D eigenvalue weighted by Gasteiger charge is 2.37. The molecule has 0 atom stereocenters. The molecule has 12 heteroatoms. The number of hydrogen-bond acceptors (Lipinski definition) is 4. The van der Waals surface area contributed by atoms with Gasteiger partial charge in [0.2, 0.25) is 5.13 Å². The predicted octanol–water partition coefficient (Wildman–Crippen LogP) is 6.57. The van der Waals surface area contributed by atoms with Crippen molar-refractivity contribution in [2.75, 3.05) is 5.43 Å². The molecule has 1 aromatic heterocycles. The van der Waals surface area contributed by atoms with Crippen molar-refractivity contribution in [2.45, 2.75) is 12.4 Å². The van der Waals surface area contributed by atoms with Crippen molar-refractivity contribution in [1.82, 2.24) is 4.98 Å². The molecule has 3 aromatic rings. The second-order valence-corrected chi connectivity index (χ2v) is 6.73. The van der Waals surface area contributed by atoms with Gasteiger partial charge in [-0.1, -0.05) is 6.07 Å². The Morgan fingerprint density at radius 1 is 0.867 bits per heavy atom. The first-order valence-electron chi connectivity index (χ1n) is 7.93. The third-order valence-corrected chi connectivity index (χ3v) is 4.45. The van der Waals surface area contributed by atoms with Crippen LogP contribution in [0, 0.1) is 11.6 Å². The maximum atomic E-state index is 13.1. The first kappa shape index (κ1) is 21.7. The van der Waals surface area contributed by atoms with E-state index in [1.165, 1.54) is 11.4 Å². The summed E-state index contributed by atoms with van der Waals surface area (Å²) in [5.41, 5.74) is -0.761. The lowest BCUT2D eigenvalue weighted by atomic mass is 10.0. The van der Waals surface area contributed by atoms with Crippen LogP contribution in [0.5, 0.6) is 0 Å². The Balaban J connectivity index is 1.84. The molecule has 0 bridgehead atoms. The monoisotopic (exact) mass is 451 g/mol. The zero-order valence-electron chi connectivity index (χ0n) is 14.4. The number of nitrogens with one attached hydrogen (secondary N) is 1. The summed E-state index contributed by atoms with van der Waals surface area (Å²) in [6, 6.07) is 4.19. The number of alkyl halides is 6. The van der Waals surface area contributed by atoms with Crippen LogP contribution in [0.1, 0.15) is 16.7 Å². The Morgan fingerprint density at radius 2 is 1.50 bits per heavy atom. The maximum absolute atomic E-state index is 13.1. The van der Waals surface area contributed by atoms with Gasteiger partial charge in [-0.2, -0.15) is 31.4 Å². The fourth-order valence-corrected chi connectivity index (χ4v) is 2.98. The van der Waals surface area contributed by atoms with E-state index in [1.807, 2.05) is 0 Å². The number of hydrazone groups is 1. The molecule has 1 N–H and O–H groups in total. The third kappa shape index (κ3) is 5.12. The number of halogens is 8. The number of benzene rings is 2. The van der Waals surface area contributed by atoms with Gasteiger partial charge in [-0.25, -0.2) is 13.8 Å². The van der Waals surface area contributed by atoms with E-state index in [9.17, 15) is 35.1 Å². The number of thiazole rings is 1. The number of aromatic nitrogens is 1. The van der Waals surface area contributed by atoms with Crippen molar-refractivity contribution >= 4 is 22.7 Å². The van der Waals surface area contributed by atoms with Gasteiger partial charge in [-0.05, 0) is 35.9 Å². The summed E-state index contributed by atoms with van der Waals surface area (Å²) >= 11 is 0.879. The molecule has 30 heavy (non-hydrogen) atoms. The number of nitrogens with zero attached hydrogens (tertiary/aromatic N) is 2. The van der Waals surface area contributed by atoms with Crippen LogP contribution in [0.3, 0.4) is 0 Å². The lowest BCUT2D eigenvalue weighted by molar-refractivity contribution is -0.143. The van der Waals surface area contributed by atoms with E-state index in [0.29, 0.717) is 12.1 Å². The van der Waals surface area contributed by atoms with Crippen LogP contribution in [0.4, 0.5) is 40.3 Å². The van der Waals surface area contributed by atoms with Gasteiger partial charge in [0.1, 0.15) is 0 Å². The van der Waals surface area contributed by atoms with Gasteiger partial charge in [0.05, 0.1) is 23.0 Å². The van der Waals surface area contributed by atoms with Crippen LogP contribution in [0.15, 0.2) is 46.9 Å². The quantitative estimate of drug-likeness (QED) is 0.277. The molecule has 0 aliphatic carbocycles. The largest absolute Gasteiger partial charge is 0.416 e. The molecular weight excluding hydrogens is 442 g/mol. The first-order chi connectivity index (χ1) is 13.9. The average Bonchev–Trinajstić information content (AvgIpc) is 3.12. The van der Waals surface area contributed by atoms with Crippen LogP contribution in [0.2, 0.25) is 0 Å². The summed E-state index contributed by atoms with van der Waals surface area (Å²) < 4.78 is 104. The molecular formula is C18H9F8N3S. The van der Waals surface area contributed by atoms with Gasteiger partial charge >= 0.3 is 12.4 Å². The Bertz CT molecular complexity index is 1050. The summed E-state index contributed by atoms with van der Waals surface area (Å²) in [6.45, 7) is 0. The molecule has 3 nitrogen and oxygen atoms in total. The molecule has 0 saturated carbocycles. The summed E-state index contributed by atoms with van der Waals surface area (Å²) in [6.07, 6.45) is -8.81. The molecule has 0 saturated heterocycles. The molecule has 0 fully saturated rings. The van der Waals surface area contributed by atoms with Gasteiger partial charge < -0.3 is 0 Å². The van der Waals surface area contributed by atoms with Crippen molar-refractivity contribution in [1.29, 1.82) is 0 Å². The van der Waals surface area contributed by atoms with Gasteiger partial charge in [0.15, 0.2) is 11.6 Å². The van der Waals surface area contributed by atoms with E-state index < -0.39 is 35.1 Å². The Kier molecular flexibility index (Phi) is 5.79. The highest BCUT2D eigenvalue weighted by molar-refractivity contribution is 7.14. The fraction of sp³-hybridized carbons (Fsp3) is 0.111. The van der Waals surface area contributed by atoms with Crippen molar-refractivity contribution < 1.29 is 35.1 Å². The molecule has 158 valence electrons. The van der Waals surface area contributed by atoms with Crippen LogP contribution in [-0.2, 0) is 12.4 Å². The van der Waals surface area contributed by atoms with Gasteiger partial charge in [0, 0.05) is 10.9 Å². The van der Waals surface area contributed by atoms with E-state index in [-0.39, 0.29) is 28.0 Å². The van der Waals surface area contributed by atoms with E-state index in [2.05, 4.69) is 15.5 Å². The minimum atomic E-state index is -4.97. The summed E-state index contributed by atoms with van der Waals surface area (Å²) in [5.74, 6) is -2.12. The van der Waals surface area contributed by atoms with Gasteiger partial charge in [-0.15, -0.1) is 11.3 Å². The van der Waals surface area contributed by atoms with Crippen molar-refractivity contribution in [3.63, 3.8) is 0 Å². The molecule has 2 aromatic carbocycles. The van der Waals surface area contributed by atoms with Crippen molar-refractivity contribution in [3.05, 3.63) is 70.1 Å². The Morgan fingerprint density at radius 3 is 2.07 bits per heavy atom. The number of rotatable bonds is 4. The van der Waals surface area contributed by atoms with Gasteiger partial charge in [0.25, 0.3) is 0 Å². The number of anilines is 1. The minimum absolute atomic E-state index is 0.0289. The average molecular weight is 451 g/mol. The lowest BCUT2D eigenvalue weighted by Gasteiger charge is -2.13. The Labute approximate surface area is 167 Å². The number of hydrogen-bond donors (Lipinski definition) is 1. The second kappa shape index (κ2) is 8.01. The summed E-state index contributed by atoms with van der Waals surface area (Å²) in [5, 5.41) is 5.05. The standard InChI is InChI=1S/C18H9F8N3S/c19-13-2-1-9(3-14(13)20)7-27-29-16-28-15(8-30-16)10-4-11(17(21,22)23)6-12(5-10)18(24,25)26/h1-8H,(H,28,29). The van der Waals surface area contributed by atoms with Crippen molar-refractivity contribution in [2.24, 2.45) is 5.10 Å². The molecule has 0 aliphatic rings. The topological polar surface area (TPSA) is 37.3 Å². The second-order valence-electron chi connectivity index (χ2n) is 5.88. The van der Waals surface area contributed by atoms with E-state index >= 15 is 0 Å². The van der Waals surface area contributed by atoms with Gasteiger partial charge in [-0.3, -0.25) is 5.43 Å². The molecule has 0 aliphatic heterocycles. The van der Waals surface area contributed by atoms with Crippen LogP contribution >= 0.6 is 11.3 Å². The molecule has 0 unspecified atom stereocenters. The highest BCUT2D eigenvalue weighted by Crippen LogP contribution is 2.39. The van der Waals surface area contributed by atoms with Crippen molar-refractivity contribution in [3.8, 4) is 11.3 Å². The molecule has 1 heterocycles. The Hall–Kier alpha value is -3.02. The predicted molar refractivity (Wildman–Crippen MR) is 95.1 cm³/mol. The molecule has 0 spiro atoms. The van der Waals surface area contributed by atoms with E-state index in [0.717, 1.165) is 29.7 Å². The highest BCUT2D eigenvalue weighted by atomic mass is 32.1. The zero-order chi connectivity index (χ0) is 22.1. The lowest BCUT2D eigenvalue weighted by Crippen LogP contribution is -2.11. The van der Waals surface area contributed by atoms with E-state index in [4.69, 9.17) is 0 Å². The zero-order valence-corrected chi connectivity index (χ0v) is 15.3. The maximum Gasteiger partial charge on any atom is 0.416 e. The summed E-state index contributed by atoms with van der Waals surface area (Å²) in [4.78, 5) is 3.91. The molecule has 0 radical (unpaired) electrons. The fourth-order valence-electron chi connectivity index (χ4n) is 2.32. The summed E-state index contributed by atoms with van der Waals surface area (Å²) in [7, 11) is 0. The van der Waals surface area contributed by atoms with Crippen LogP contribution in [-0.4, -0.2) is 11.2 Å².